The first-order valence-electron chi connectivity index (χ1n) is 37.1. The molecular formula is C76H144N2O7P+. The molecule has 0 aliphatic rings. The Labute approximate surface area is 534 Å². The molecule has 0 aromatic carbocycles. The smallest absolute Gasteiger partial charge is 0.456 e. The average molecular weight is 1230 g/mol. The van der Waals surface area contributed by atoms with E-state index >= 15 is 0 Å². The SMILES string of the molecule is CCCCC/C=C\C/C=C\C/C=C\CCCCCCCCCCCCC(=O)NC(COP(=O)(O)OCC[N+](C)(C)C)C(/C=C/CCCCCCCCCCCC)OC(=O)CCCCCCCCCCCCCCCCC/C=C/CCCCCCCC. The van der Waals surface area contributed by atoms with E-state index in [1.54, 1.807) is 0 Å². The summed E-state index contributed by atoms with van der Waals surface area (Å²) in [6.07, 6.45) is 85.2. The van der Waals surface area contributed by atoms with E-state index in [2.05, 4.69) is 74.7 Å². The first-order chi connectivity index (χ1) is 41.9. The Morgan fingerprint density at radius 2 is 0.709 bits per heavy atom. The summed E-state index contributed by atoms with van der Waals surface area (Å²) in [4.78, 5) is 37.9. The number of ether oxygens (including phenoxy) is 1. The van der Waals surface area contributed by atoms with Crippen molar-refractivity contribution < 1.29 is 37.3 Å². The minimum Gasteiger partial charge on any atom is -0.456 e. The Balaban J connectivity index is 5.01. The molecule has 2 N–H and O–H groups in total. The van der Waals surface area contributed by atoms with Gasteiger partial charge in [0.15, 0.2) is 0 Å². The summed E-state index contributed by atoms with van der Waals surface area (Å²) in [6, 6.07) is -0.851. The van der Waals surface area contributed by atoms with E-state index < -0.39 is 20.0 Å². The molecule has 504 valence electrons. The van der Waals surface area contributed by atoms with Gasteiger partial charge in [0.05, 0.1) is 33.8 Å². The van der Waals surface area contributed by atoms with E-state index in [0.29, 0.717) is 23.9 Å². The lowest BCUT2D eigenvalue weighted by Gasteiger charge is -2.27. The topological polar surface area (TPSA) is 111 Å². The largest absolute Gasteiger partial charge is 0.472 e. The quantitative estimate of drug-likeness (QED) is 0.0205. The van der Waals surface area contributed by atoms with Crippen molar-refractivity contribution in [2.75, 3.05) is 40.9 Å². The van der Waals surface area contributed by atoms with Gasteiger partial charge in [0, 0.05) is 12.8 Å². The lowest BCUT2D eigenvalue weighted by Crippen LogP contribution is -2.47. The molecule has 86 heavy (non-hydrogen) atoms. The van der Waals surface area contributed by atoms with E-state index in [-0.39, 0.29) is 25.1 Å². The molecule has 0 aliphatic carbocycles. The molecule has 9 nitrogen and oxygen atoms in total. The maximum atomic E-state index is 13.6. The third-order valence-electron chi connectivity index (χ3n) is 16.7. The molecule has 0 radical (unpaired) electrons. The van der Waals surface area contributed by atoms with Crippen LogP contribution in [0.3, 0.4) is 0 Å². The predicted octanol–water partition coefficient (Wildman–Crippen LogP) is 23.7. The van der Waals surface area contributed by atoms with Gasteiger partial charge < -0.3 is 19.4 Å². The van der Waals surface area contributed by atoms with Gasteiger partial charge in [-0.05, 0) is 96.0 Å². The molecule has 10 heteroatoms. The summed E-state index contributed by atoms with van der Waals surface area (Å²) in [7, 11) is 1.50. The number of likely N-dealkylation sites (N-methyl/N-ethyl adjacent to an activating group) is 1. The van der Waals surface area contributed by atoms with Crippen LogP contribution >= 0.6 is 7.82 Å². The first kappa shape index (κ1) is 83.7. The second-order valence-electron chi connectivity index (χ2n) is 26.5. The number of nitrogens with one attached hydrogen (secondary N) is 1. The maximum Gasteiger partial charge on any atom is 0.472 e. The third-order valence-corrected chi connectivity index (χ3v) is 17.7. The number of amides is 1. The normalized spacial score (nSPS) is 13.8. The molecule has 0 rings (SSSR count). The van der Waals surface area contributed by atoms with Gasteiger partial charge in [0.25, 0.3) is 0 Å². The van der Waals surface area contributed by atoms with Crippen molar-refractivity contribution in [3.8, 4) is 0 Å². The van der Waals surface area contributed by atoms with Crippen LogP contribution in [0.15, 0.2) is 60.8 Å². The number of hydrogen-bond donors (Lipinski definition) is 2. The Morgan fingerprint density at radius 1 is 0.407 bits per heavy atom. The molecule has 0 fully saturated rings. The van der Waals surface area contributed by atoms with Crippen LogP contribution in [0.1, 0.15) is 361 Å². The fraction of sp³-hybridized carbons (Fsp3) is 0.842. The highest BCUT2D eigenvalue weighted by Crippen LogP contribution is 2.43. The van der Waals surface area contributed by atoms with Crippen molar-refractivity contribution in [1.29, 1.82) is 0 Å². The summed E-state index contributed by atoms with van der Waals surface area (Å²) >= 11 is 0. The van der Waals surface area contributed by atoms with Crippen LogP contribution in [0, 0.1) is 0 Å². The molecule has 0 heterocycles. The molecule has 0 aliphatic heterocycles. The number of allylic oxidation sites excluding steroid dienone is 9. The van der Waals surface area contributed by atoms with Crippen LogP contribution in [0.2, 0.25) is 0 Å². The first-order valence-corrected chi connectivity index (χ1v) is 38.6. The molecule has 3 unspecified atom stereocenters. The molecule has 0 spiro atoms. The molecule has 3 atom stereocenters. The zero-order chi connectivity index (χ0) is 62.8. The number of phosphoric ester groups is 1. The van der Waals surface area contributed by atoms with Crippen LogP contribution in [0.4, 0.5) is 0 Å². The number of carbonyl (C=O) groups excluding carboxylic acids is 2. The van der Waals surface area contributed by atoms with Gasteiger partial charge in [-0.1, -0.05) is 313 Å². The van der Waals surface area contributed by atoms with E-state index in [4.69, 9.17) is 13.8 Å². The minimum atomic E-state index is -4.46. The van der Waals surface area contributed by atoms with Gasteiger partial charge in [-0.2, -0.15) is 0 Å². The molecule has 0 bridgehead atoms. The lowest BCUT2D eigenvalue weighted by atomic mass is 10.0. The Morgan fingerprint density at radius 3 is 1.09 bits per heavy atom. The van der Waals surface area contributed by atoms with Gasteiger partial charge in [0.2, 0.25) is 5.91 Å². The highest BCUT2D eigenvalue weighted by molar-refractivity contribution is 7.47. The van der Waals surface area contributed by atoms with Gasteiger partial charge >= 0.3 is 13.8 Å². The van der Waals surface area contributed by atoms with Crippen molar-refractivity contribution in [3.63, 3.8) is 0 Å². The standard InChI is InChI=1S/C76H143N2O7P/c1-7-10-13-16-19-22-25-28-30-32-34-36-38-39-41-43-45-47-49-51-54-57-60-63-66-69-76(80)85-74(67-64-61-58-55-52-27-24-21-18-15-12-9-3)73(72-84-86(81,82)83-71-70-78(4,5)6)77-75(79)68-65-62-59-56-53-50-48-46-44-42-40-37-35-33-31-29-26-23-20-17-14-11-8-2/h20,23,28-31,35,37,64,67,73-74H,7-19,21-22,24-27,32-34,36,38-63,65-66,68-72H2,1-6H3,(H-,77,79,81,82)/p+1/b23-20-,30-28+,31-29-,37-35-,67-64+. The number of quaternary nitrogens is 1. The van der Waals surface area contributed by atoms with Gasteiger partial charge in [-0.25, -0.2) is 4.57 Å². The van der Waals surface area contributed by atoms with Gasteiger partial charge in [-0.3, -0.25) is 18.6 Å². The summed E-state index contributed by atoms with van der Waals surface area (Å²) < 4.78 is 30.9. The number of esters is 1. The van der Waals surface area contributed by atoms with E-state index in [1.807, 2.05) is 33.3 Å². The number of nitrogens with zero attached hydrogens (tertiary/aromatic N) is 1. The Hall–Kier alpha value is -2.29. The number of rotatable bonds is 68. The van der Waals surface area contributed by atoms with E-state index in [1.165, 1.54) is 257 Å². The second kappa shape index (κ2) is 65.7. The average Bonchev–Trinajstić information content (AvgIpc) is 3.66. The summed E-state index contributed by atoms with van der Waals surface area (Å²) in [5.41, 5.74) is 0. The second-order valence-corrected chi connectivity index (χ2v) is 27.9. The van der Waals surface area contributed by atoms with E-state index in [9.17, 15) is 19.0 Å². The van der Waals surface area contributed by atoms with Crippen LogP contribution in [-0.4, -0.2) is 74.3 Å². The molecule has 1 amide bonds. The fourth-order valence-corrected chi connectivity index (χ4v) is 11.7. The zero-order valence-electron chi connectivity index (χ0n) is 57.8. The zero-order valence-corrected chi connectivity index (χ0v) is 58.7. The predicted molar refractivity (Wildman–Crippen MR) is 374 cm³/mol. The number of phosphoric acid groups is 1. The van der Waals surface area contributed by atoms with Crippen molar-refractivity contribution in [2.24, 2.45) is 0 Å². The van der Waals surface area contributed by atoms with Crippen molar-refractivity contribution in [3.05, 3.63) is 60.8 Å². The Kier molecular flexibility index (Phi) is 63.9. The number of unbranched alkanes of at least 4 members (excludes halogenated alkanes) is 44. The van der Waals surface area contributed by atoms with E-state index in [0.717, 1.165) is 70.6 Å². The van der Waals surface area contributed by atoms with Crippen LogP contribution in [0.5, 0.6) is 0 Å². The van der Waals surface area contributed by atoms with Gasteiger partial charge in [-0.15, -0.1) is 0 Å². The lowest BCUT2D eigenvalue weighted by molar-refractivity contribution is -0.870. The monoisotopic (exact) mass is 1230 g/mol. The minimum absolute atomic E-state index is 0.0398. The summed E-state index contributed by atoms with van der Waals surface area (Å²) in [5, 5.41) is 3.08. The Bertz CT molecular complexity index is 1650. The van der Waals surface area contributed by atoms with Crippen molar-refractivity contribution in [1.82, 2.24) is 5.32 Å². The highest BCUT2D eigenvalue weighted by Gasteiger charge is 2.30. The number of hydrogen-bond acceptors (Lipinski definition) is 6. The van der Waals surface area contributed by atoms with Crippen LogP contribution in [0.25, 0.3) is 0 Å². The molecular weight excluding hydrogens is 1080 g/mol. The maximum absolute atomic E-state index is 13.6. The van der Waals surface area contributed by atoms with Crippen LogP contribution < -0.4 is 5.32 Å². The van der Waals surface area contributed by atoms with Gasteiger partial charge in [0.1, 0.15) is 19.3 Å². The fourth-order valence-electron chi connectivity index (χ4n) is 10.9. The molecule has 0 saturated heterocycles. The highest BCUT2D eigenvalue weighted by atomic mass is 31.2. The molecule has 0 aromatic heterocycles. The van der Waals surface area contributed by atoms with Crippen molar-refractivity contribution in [2.45, 2.75) is 373 Å². The number of carbonyl (C=O) groups is 2. The molecule has 0 aromatic rings. The summed E-state index contributed by atoms with van der Waals surface area (Å²) in [6.45, 7) is 7.03. The summed E-state index contributed by atoms with van der Waals surface area (Å²) in [5.74, 6) is -0.495. The van der Waals surface area contributed by atoms with Crippen LogP contribution in [-0.2, 0) is 27.9 Å². The molecule has 0 saturated carbocycles. The third kappa shape index (κ3) is 66.1. The van der Waals surface area contributed by atoms with Crippen molar-refractivity contribution >= 4 is 19.7 Å².